The summed E-state index contributed by atoms with van der Waals surface area (Å²) in [4.78, 5) is 35.6. The number of benzene rings is 1. The first-order valence-corrected chi connectivity index (χ1v) is 15.6. The van der Waals surface area contributed by atoms with Gasteiger partial charge in [-0.1, -0.05) is 55.7 Å². The summed E-state index contributed by atoms with van der Waals surface area (Å²) < 4.78 is 0. The number of carbonyl (C=O) groups is 2. The zero-order valence-corrected chi connectivity index (χ0v) is 25.0. The number of amides is 2. The van der Waals surface area contributed by atoms with Crippen LogP contribution in [0.5, 0.6) is 0 Å². The first-order valence-electron chi connectivity index (χ1n) is 15.6. The van der Waals surface area contributed by atoms with Crippen molar-refractivity contribution in [1.82, 2.24) is 20.1 Å². The van der Waals surface area contributed by atoms with E-state index in [1.165, 1.54) is 31.2 Å². The van der Waals surface area contributed by atoms with Gasteiger partial charge in [0.1, 0.15) is 0 Å². The molecule has 3 fully saturated rings. The molecular formula is C34H48N4O3. The van der Waals surface area contributed by atoms with Crippen molar-refractivity contribution >= 4 is 11.8 Å². The molecule has 222 valence electrons. The summed E-state index contributed by atoms with van der Waals surface area (Å²) in [6, 6.07) is 14.0. The number of fused-ring (bicyclic) bond motifs is 1. The van der Waals surface area contributed by atoms with Crippen LogP contribution < -0.4 is 5.32 Å². The number of aliphatic hydroxyl groups is 1. The summed E-state index contributed by atoms with van der Waals surface area (Å²) in [6.07, 6.45) is 10.8. The lowest BCUT2D eigenvalue weighted by molar-refractivity contribution is -0.136. The lowest BCUT2D eigenvalue weighted by atomic mass is 9.72. The average Bonchev–Trinajstić information content (AvgIpc) is 3.21. The Morgan fingerprint density at radius 1 is 1.00 bits per heavy atom. The molecule has 1 aliphatic carbocycles. The fraction of sp³-hybridized carbons (Fsp3) is 0.618. The van der Waals surface area contributed by atoms with Crippen LogP contribution in [0.4, 0.5) is 0 Å². The van der Waals surface area contributed by atoms with E-state index < -0.39 is 6.10 Å². The van der Waals surface area contributed by atoms with E-state index in [0.29, 0.717) is 24.8 Å². The van der Waals surface area contributed by atoms with Crippen LogP contribution in [0.1, 0.15) is 70.4 Å². The predicted molar refractivity (Wildman–Crippen MR) is 161 cm³/mol. The van der Waals surface area contributed by atoms with Crippen LogP contribution in [0.3, 0.4) is 0 Å². The van der Waals surface area contributed by atoms with Crippen molar-refractivity contribution in [1.29, 1.82) is 0 Å². The number of nitrogens with zero attached hydrogens (tertiary/aromatic N) is 3. The molecule has 0 radical (unpaired) electrons. The Bertz CT molecular complexity index is 1150. The van der Waals surface area contributed by atoms with Crippen molar-refractivity contribution in [2.24, 2.45) is 17.8 Å². The number of aliphatic hydroxyl groups excluding tert-OH is 1. The van der Waals surface area contributed by atoms with Gasteiger partial charge in [-0.3, -0.25) is 19.5 Å². The molecule has 2 aromatic rings. The summed E-state index contributed by atoms with van der Waals surface area (Å²) in [5.41, 5.74) is 1.96. The first-order chi connectivity index (χ1) is 19.7. The van der Waals surface area contributed by atoms with Gasteiger partial charge < -0.3 is 15.3 Å². The van der Waals surface area contributed by atoms with E-state index in [1.807, 2.05) is 62.2 Å². The molecule has 0 bridgehead atoms. The highest BCUT2D eigenvalue weighted by molar-refractivity contribution is 5.83. The van der Waals surface area contributed by atoms with Gasteiger partial charge in [0.25, 0.3) is 0 Å². The molecule has 7 heteroatoms. The van der Waals surface area contributed by atoms with Gasteiger partial charge in [-0.15, -0.1) is 0 Å². The molecule has 1 aromatic carbocycles. The third-order valence-corrected chi connectivity index (χ3v) is 9.30. The normalized spacial score (nSPS) is 27.9. The molecule has 0 spiro atoms. The Hall–Kier alpha value is -2.77. The van der Waals surface area contributed by atoms with Crippen molar-refractivity contribution in [3.63, 3.8) is 0 Å². The fourth-order valence-electron chi connectivity index (χ4n) is 7.45. The van der Waals surface area contributed by atoms with Crippen molar-refractivity contribution in [3.8, 4) is 0 Å². The quantitative estimate of drug-likeness (QED) is 0.479. The topological polar surface area (TPSA) is 85.8 Å². The lowest BCUT2D eigenvalue weighted by Crippen LogP contribution is -2.59. The van der Waals surface area contributed by atoms with E-state index >= 15 is 0 Å². The molecule has 7 nitrogen and oxygen atoms in total. The highest BCUT2D eigenvalue weighted by atomic mass is 16.3. The average molecular weight is 561 g/mol. The molecule has 1 aromatic heterocycles. The van der Waals surface area contributed by atoms with Gasteiger partial charge in [0.15, 0.2) is 0 Å². The SMILES string of the molecule is CC(C)(C)NC(=O)C1C[C@@H]2CCCC[C@@H]2CN1CC(O)CN1C(=O)C(Cc2cccnc2)CC1Cc1ccccc1. The maximum Gasteiger partial charge on any atom is 0.237 e. The minimum atomic E-state index is -0.723. The number of pyridine rings is 1. The van der Waals surface area contributed by atoms with Gasteiger partial charge in [-0.05, 0) is 81.9 Å². The summed E-state index contributed by atoms with van der Waals surface area (Å²) in [7, 11) is 0. The predicted octanol–water partition coefficient (Wildman–Crippen LogP) is 4.24. The third-order valence-electron chi connectivity index (χ3n) is 9.30. The fourth-order valence-corrected chi connectivity index (χ4v) is 7.45. The van der Waals surface area contributed by atoms with Gasteiger partial charge in [-0.2, -0.15) is 0 Å². The molecule has 2 saturated heterocycles. The Balaban J connectivity index is 1.30. The number of hydrogen-bond acceptors (Lipinski definition) is 5. The number of rotatable bonds is 9. The Labute approximate surface area is 245 Å². The van der Waals surface area contributed by atoms with Crippen LogP contribution in [0.15, 0.2) is 54.9 Å². The van der Waals surface area contributed by atoms with Crippen LogP contribution in [-0.4, -0.2) is 75.1 Å². The van der Waals surface area contributed by atoms with Crippen LogP contribution in [0.25, 0.3) is 0 Å². The highest BCUT2D eigenvalue weighted by Crippen LogP contribution is 2.39. The Morgan fingerprint density at radius 2 is 1.73 bits per heavy atom. The summed E-state index contributed by atoms with van der Waals surface area (Å²) in [6.45, 7) is 7.59. The number of carbonyl (C=O) groups excluding carboxylic acids is 2. The van der Waals surface area contributed by atoms with Crippen molar-refractivity contribution in [3.05, 3.63) is 66.0 Å². The maximum absolute atomic E-state index is 13.8. The van der Waals surface area contributed by atoms with Crippen LogP contribution in [0.2, 0.25) is 0 Å². The van der Waals surface area contributed by atoms with Gasteiger partial charge in [0, 0.05) is 49.5 Å². The highest BCUT2D eigenvalue weighted by Gasteiger charge is 2.43. The molecule has 6 atom stereocenters. The molecule has 3 aliphatic rings. The van der Waals surface area contributed by atoms with Gasteiger partial charge >= 0.3 is 0 Å². The van der Waals surface area contributed by atoms with E-state index in [9.17, 15) is 14.7 Å². The molecule has 2 N–H and O–H groups in total. The number of likely N-dealkylation sites (tertiary alicyclic amines) is 2. The van der Waals surface area contributed by atoms with Crippen LogP contribution in [-0.2, 0) is 22.4 Å². The summed E-state index contributed by atoms with van der Waals surface area (Å²) in [5.74, 6) is 1.21. The van der Waals surface area contributed by atoms with E-state index in [1.54, 1.807) is 6.20 Å². The third kappa shape index (κ3) is 7.75. The van der Waals surface area contributed by atoms with E-state index in [-0.39, 0.29) is 41.9 Å². The van der Waals surface area contributed by atoms with E-state index in [4.69, 9.17) is 0 Å². The zero-order chi connectivity index (χ0) is 29.0. The molecule has 1 saturated carbocycles. The lowest BCUT2D eigenvalue weighted by Gasteiger charge is -2.46. The van der Waals surface area contributed by atoms with E-state index in [2.05, 4.69) is 27.3 Å². The maximum atomic E-state index is 13.8. The number of β-amino-alcohol motifs (C(OH)–C–C–N with tert-alkyl or cyclic N) is 1. The first kappa shape index (κ1) is 29.7. The number of hydrogen-bond donors (Lipinski definition) is 2. The van der Waals surface area contributed by atoms with Gasteiger partial charge in [0.05, 0.1) is 12.1 Å². The second kappa shape index (κ2) is 13.0. The number of piperidine rings is 1. The van der Waals surface area contributed by atoms with Gasteiger partial charge in [0.2, 0.25) is 11.8 Å². The minimum Gasteiger partial charge on any atom is -0.390 e. The molecular weight excluding hydrogens is 512 g/mol. The smallest absolute Gasteiger partial charge is 0.237 e. The Kier molecular flexibility index (Phi) is 9.45. The van der Waals surface area contributed by atoms with Crippen LogP contribution >= 0.6 is 0 Å². The second-order valence-corrected chi connectivity index (χ2v) is 13.7. The Morgan fingerprint density at radius 3 is 2.44 bits per heavy atom. The molecule has 2 amide bonds. The molecule has 5 rings (SSSR count). The zero-order valence-electron chi connectivity index (χ0n) is 25.0. The standard InChI is InChI=1S/C34H48N4O3/c1-34(2,3)36-32(40)31-19-26-13-7-8-14-27(26)21-37(31)22-30(39)23-38-29(17-24-10-5-4-6-11-24)18-28(33(38)41)16-25-12-9-15-35-20-25/h4-6,9-12,15,20,26-31,39H,7-8,13-14,16-19,21-23H2,1-3H3,(H,36,40)/t26-,27+,28?,29?,30?,31?/m0/s1. The van der Waals surface area contributed by atoms with Crippen molar-refractivity contribution in [2.75, 3.05) is 19.6 Å². The molecule has 4 unspecified atom stereocenters. The van der Waals surface area contributed by atoms with Crippen molar-refractivity contribution in [2.45, 2.75) is 95.9 Å². The van der Waals surface area contributed by atoms with Gasteiger partial charge in [-0.25, -0.2) is 0 Å². The minimum absolute atomic E-state index is 0.0327. The summed E-state index contributed by atoms with van der Waals surface area (Å²) >= 11 is 0. The molecule has 41 heavy (non-hydrogen) atoms. The van der Waals surface area contributed by atoms with Crippen molar-refractivity contribution < 1.29 is 14.7 Å². The summed E-state index contributed by atoms with van der Waals surface area (Å²) in [5, 5.41) is 14.7. The monoisotopic (exact) mass is 560 g/mol. The molecule has 3 heterocycles. The molecule has 2 aliphatic heterocycles. The van der Waals surface area contributed by atoms with Crippen LogP contribution in [0, 0.1) is 17.8 Å². The number of aromatic nitrogens is 1. The van der Waals surface area contributed by atoms with E-state index in [0.717, 1.165) is 31.4 Å². The largest absolute Gasteiger partial charge is 0.390 e. The second-order valence-electron chi connectivity index (χ2n) is 13.7. The number of nitrogens with one attached hydrogen (secondary N) is 1.